The maximum atomic E-state index is 6.53. The number of hydrogen-bond acceptors (Lipinski definition) is 4. The van der Waals surface area contributed by atoms with E-state index >= 15 is 0 Å². The van der Waals surface area contributed by atoms with E-state index in [0.717, 1.165) is 93.3 Å². The van der Waals surface area contributed by atoms with Gasteiger partial charge in [-0.05, 0) is 51.4 Å². The van der Waals surface area contributed by atoms with Gasteiger partial charge >= 0.3 is 0 Å². The monoisotopic (exact) mass is 522 g/mol. The lowest BCUT2D eigenvalue weighted by Crippen LogP contribution is -2.11. The summed E-state index contributed by atoms with van der Waals surface area (Å²) < 4.78 is 0. The summed E-state index contributed by atoms with van der Waals surface area (Å²) in [4.78, 5) is 15.6. The second-order valence-electron chi connectivity index (χ2n) is 10.8. The average molecular weight is 523 g/mol. The summed E-state index contributed by atoms with van der Waals surface area (Å²) in [6, 6.07) is 37.6. The molecule has 0 fully saturated rings. The van der Waals surface area contributed by atoms with Crippen molar-refractivity contribution in [2.75, 3.05) is 5.73 Å². The average Bonchev–Trinajstić information content (AvgIpc) is 3.00. The molecule has 190 valence electrons. The van der Waals surface area contributed by atoms with Crippen LogP contribution in [0.2, 0.25) is 0 Å². The van der Waals surface area contributed by atoms with Crippen LogP contribution in [0.15, 0.2) is 121 Å². The van der Waals surface area contributed by atoms with Crippen LogP contribution >= 0.6 is 0 Å². The maximum Gasteiger partial charge on any atom is 0.0979 e. The van der Waals surface area contributed by atoms with E-state index in [0.29, 0.717) is 5.69 Å². The lowest BCUT2D eigenvalue weighted by atomic mass is 9.81. The maximum absolute atomic E-state index is 6.53. The standard InChI is InChI=1S/C37H22N4/c1-20-25-12-6-14-27-33(25)34-26(35(20)39-30-17-22-9-3-2-8-21(22)16-29(30)38)13-7-15-28(34)37-36(27)40-31-18-23-10-4-5-11-24(23)19-32(31)41-37/h2-19H,1,38H2. The highest BCUT2D eigenvalue weighted by molar-refractivity contribution is 6.45. The number of hydrogen-bond donors (Lipinski definition) is 1. The Labute approximate surface area is 235 Å². The highest BCUT2D eigenvalue weighted by Crippen LogP contribution is 2.45. The molecular formula is C37H22N4. The van der Waals surface area contributed by atoms with E-state index in [1.807, 2.05) is 18.2 Å². The molecule has 4 nitrogen and oxygen atoms in total. The predicted molar refractivity (Wildman–Crippen MR) is 173 cm³/mol. The molecule has 0 radical (unpaired) electrons. The third-order valence-electron chi connectivity index (χ3n) is 8.41. The van der Waals surface area contributed by atoms with E-state index in [1.54, 1.807) is 0 Å². The van der Waals surface area contributed by atoms with Gasteiger partial charge in [0.1, 0.15) is 0 Å². The van der Waals surface area contributed by atoms with Gasteiger partial charge in [0.05, 0.1) is 39.2 Å². The molecule has 0 unspecified atom stereocenters. The lowest BCUT2D eigenvalue weighted by molar-refractivity contribution is 1.42. The molecule has 0 spiro atoms. The second kappa shape index (κ2) is 7.96. The number of anilines is 1. The molecule has 4 heteroatoms. The zero-order valence-corrected chi connectivity index (χ0v) is 22.0. The number of rotatable bonds is 1. The molecule has 0 aliphatic heterocycles. The fraction of sp³-hybridized carbons (Fsp3) is 0. The van der Waals surface area contributed by atoms with Gasteiger partial charge in [0, 0.05) is 32.7 Å². The van der Waals surface area contributed by atoms with Gasteiger partial charge in [0.15, 0.2) is 0 Å². The van der Waals surface area contributed by atoms with Crippen molar-refractivity contribution in [2.24, 2.45) is 4.99 Å². The Morgan fingerprint density at radius 1 is 0.561 bits per heavy atom. The van der Waals surface area contributed by atoms with Gasteiger partial charge in [-0.25, -0.2) is 15.0 Å². The molecule has 0 saturated heterocycles. The van der Waals surface area contributed by atoms with Gasteiger partial charge in [0.2, 0.25) is 0 Å². The van der Waals surface area contributed by atoms with Crippen LogP contribution in [0.3, 0.4) is 0 Å². The van der Waals surface area contributed by atoms with Gasteiger partial charge in [-0.2, -0.15) is 0 Å². The van der Waals surface area contributed by atoms with Crippen LogP contribution in [0, 0.1) is 0 Å². The van der Waals surface area contributed by atoms with E-state index in [2.05, 4.69) is 97.6 Å². The van der Waals surface area contributed by atoms with E-state index in [9.17, 15) is 0 Å². The van der Waals surface area contributed by atoms with Gasteiger partial charge in [0.25, 0.3) is 0 Å². The first kappa shape index (κ1) is 22.2. The Morgan fingerprint density at radius 2 is 1.07 bits per heavy atom. The molecule has 41 heavy (non-hydrogen) atoms. The first-order valence-electron chi connectivity index (χ1n) is 13.7. The number of aliphatic imine (C=N–C) groups is 1. The van der Waals surface area contributed by atoms with E-state index in [-0.39, 0.29) is 0 Å². The smallest absolute Gasteiger partial charge is 0.0979 e. The van der Waals surface area contributed by atoms with Crippen molar-refractivity contribution in [3.8, 4) is 0 Å². The Kier molecular flexibility index (Phi) is 4.32. The highest BCUT2D eigenvalue weighted by Gasteiger charge is 2.26. The molecule has 1 aliphatic carbocycles. The number of fused-ring (bicyclic) bond motifs is 6. The van der Waals surface area contributed by atoms with Gasteiger partial charge < -0.3 is 5.73 Å². The molecule has 7 aromatic carbocycles. The summed E-state index contributed by atoms with van der Waals surface area (Å²) in [6.07, 6.45) is 0. The summed E-state index contributed by atoms with van der Waals surface area (Å²) in [5.41, 5.74) is 15.3. The third-order valence-corrected chi connectivity index (χ3v) is 8.41. The van der Waals surface area contributed by atoms with Crippen LogP contribution in [-0.2, 0) is 0 Å². The summed E-state index contributed by atoms with van der Waals surface area (Å²) in [6.45, 7) is 4.55. The minimum absolute atomic E-state index is 0.642. The quantitative estimate of drug-likeness (QED) is 0.133. The Hall–Kier alpha value is -5.61. The van der Waals surface area contributed by atoms with Crippen LogP contribution in [0.25, 0.3) is 70.7 Å². The van der Waals surface area contributed by atoms with Crippen LogP contribution in [0.4, 0.5) is 11.4 Å². The molecule has 8 aromatic rings. The molecule has 2 N–H and O–H groups in total. The number of nitrogens with two attached hydrogens (primary N) is 1. The van der Waals surface area contributed by atoms with Crippen molar-refractivity contribution in [3.63, 3.8) is 0 Å². The molecule has 0 saturated carbocycles. The fourth-order valence-corrected chi connectivity index (χ4v) is 6.49. The van der Waals surface area contributed by atoms with Crippen molar-refractivity contribution in [1.29, 1.82) is 0 Å². The third kappa shape index (κ3) is 3.07. The van der Waals surface area contributed by atoms with Crippen molar-refractivity contribution in [3.05, 3.63) is 127 Å². The SMILES string of the molecule is C=C1C(=Nc2cc3ccccc3cc2N)c2cccc3c4nc5cc6ccccc6cc5nc4c4cccc1c4c23. The minimum atomic E-state index is 0.642. The van der Waals surface area contributed by atoms with Crippen LogP contribution in [0.1, 0.15) is 11.1 Å². The summed E-state index contributed by atoms with van der Waals surface area (Å²) >= 11 is 0. The Bertz CT molecular complexity index is 2510. The number of nitrogen functional groups attached to an aromatic ring is 1. The normalized spacial score (nSPS) is 14.0. The van der Waals surface area contributed by atoms with Gasteiger partial charge in [-0.1, -0.05) is 91.5 Å². The number of nitrogens with zero attached hydrogens (tertiary/aromatic N) is 3. The van der Waals surface area contributed by atoms with Crippen molar-refractivity contribution in [1.82, 2.24) is 9.97 Å². The fourth-order valence-electron chi connectivity index (χ4n) is 6.49. The zero-order chi connectivity index (χ0) is 27.2. The summed E-state index contributed by atoms with van der Waals surface area (Å²) in [5, 5.41) is 8.92. The van der Waals surface area contributed by atoms with E-state index in [4.69, 9.17) is 20.7 Å². The van der Waals surface area contributed by atoms with Crippen molar-refractivity contribution in [2.45, 2.75) is 0 Å². The molecular weight excluding hydrogens is 500 g/mol. The summed E-state index contributed by atoms with van der Waals surface area (Å²) in [5.74, 6) is 0. The van der Waals surface area contributed by atoms with Crippen molar-refractivity contribution < 1.29 is 0 Å². The van der Waals surface area contributed by atoms with Gasteiger partial charge in [-0.15, -0.1) is 0 Å². The lowest BCUT2D eigenvalue weighted by Gasteiger charge is -2.23. The number of aromatic nitrogens is 2. The molecule has 0 atom stereocenters. The molecule has 9 rings (SSSR count). The van der Waals surface area contributed by atoms with Crippen molar-refractivity contribution >= 4 is 87.8 Å². The first-order chi connectivity index (χ1) is 20.1. The Morgan fingerprint density at radius 3 is 1.68 bits per heavy atom. The molecule has 0 bridgehead atoms. The number of benzene rings is 7. The predicted octanol–water partition coefficient (Wildman–Crippen LogP) is 9.13. The van der Waals surface area contributed by atoms with Crippen LogP contribution < -0.4 is 5.73 Å². The molecule has 1 aliphatic rings. The van der Waals surface area contributed by atoms with Crippen LogP contribution in [0.5, 0.6) is 0 Å². The van der Waals surface area contributed by atoms with E-state index < -0.39 is 0 Å². The second-order valence-corrected chi connectivity index (χ2v) is 10.8. The van der Waals surface area contributed by atoms with Gasteiger partial charge in [-0.3, -0.25) is 0 Å². The largest absolute Gasteiger partial charge is 0.397 e. The Balaban J connectivity index is 1.40. The summed E-state index contributed by atoms with van der Waals surface area (Å²) in [7, 11) is 0. The molecule has 1 heterocycles. The minimum Gasteiger partial charge on any atom is -0.397 e. The van der Waals surface area contributed by atoms with Crippen LogP contribution in [-0.4, -0.2) is 15.7 Å². The number of allylic oxidation sites excluding steroid dienone is 1. The van der Waals surface area contributed by atoms with E-state index in [1.165, 1.54) is 0 Å². The highest BCUT2D eigenvalue weighted by atomic mass is 14.8. The molecule has 0 amide bonds. The topological polar surface area (TPSA) is 64.2 Å². The first-order valence-corrected chi connectivity index (χ1v) is 13.7. The zero-order valence-electron chi connectivity index (χ0n) is 22.0. The molecule has 1 aromatic heterocycles.